The van der Waals surface area contributed by atoms with Gasteiger partial charge in [-0.1, -0.05) is 12.1 Å². The van der Waals surface area contributed by atoms with E-state index in [1.165, 1.54) is 0 Å². The molecule has 1 saturated heterocycles. The number of carbonyl (C=O) groups excluding carboxylic acids is 1. The summed E-state index contributed by atoms with van der Waals surface area (Å²) in [5, 5.41) is 12.0. The lowest BCUT2D eigenvalue weighted by Gasteiger charge is -2.24. The van der Waals surface area contributed by atoms with E-state index in [-0.39, 0.29) is 5.91 Å². The Labute approximate surface area is 126 Å². The molecule has 0 bridgehead atoms. The molecule has 0 radical (unpaired) electrons. The number of carboxylic acids is 1. The first kappa shape index (κ1) is 15.3. The maximum absolute atomic E-state index is 12.2. The molecule has 1 aliphatic heterocycles. The van der Waals surface area contributed by atoms with Crippen LogP contribution in [0.5, 0.6) is 0 Å². The largest absolute Gasteiger partial charge is 0.479 e. The van der Waals surface area contributed by atoms with Crippen molar-refractivity contribution in [3.63, 3.8) is 0 Å². The summed E-state index contributed by atoms with van der Waals surface area (Å²) in [6.07, 6.45) is 2.50. The summed E-state index contributed by atoms with van der Waals surface area (Å²) in [7, 11) is 0. The summed E-state index contributed by atoms with van der Waals surface area (Å²) in [6, 6.07) is 7.31. The molecule has 1 aromatic carbocycles. The number of rotatable bonds is 5. The van der Waals surface area contributed by atoms with Gasteiger partial charge < -0.3 is 10.4 Å². The van der Waals surface area contributed by atoms with Crippen molar-refractivity contribution in [2.24, 2.45) is 0 Å². The highest BCUT2D eigenvalue weighted by Gasteiger charge is 2.43. The minimum atomic E-state index is -1.11. The molecule has 1 atom stereocenters. The van der Waals surface area contributed by atoms with E-state index in [4.69, 9.17) is 0 Å². The van der Waals surface area contributed by atoms with Gasteiger partial charge in [0.05, 0.1) is 0 Å². The molecule has 1 fully saturated rings. The lowest BCUT2D eigenvalue weighted by atomic mass is 9.98. The summed E-state index contributed by atoms with van der Waals surface area (Å²) < 4.78 is 0. The first-order chi connectivity index (χ1) is 9.57. The Morgan fingerprint density at radius 3 is 2.60 bits per heavy atom. The smallest absolute Gasteiger partial charge is 0.330 e. The van der Waals surface area contributed by atoms with Crippen molar-refractivity contribution in [1.29, 1.82) is 0 Å². The molecule has 0 spiro atoms. The molecule has 0 aliphatic carbocycles. The molecule has 1 aromatic rings. The molecule has 20 heavy (non-hydrogen) atoms. The lowest BCUT2D eigenvalue weighted by molar-refractivity contribution is -0.143. The number of amides is 1. The van der Waals surface area contributed by atoms with E-state index in [0.717, 1.165) is 17.1 Å². The number of carbonyl (C=O) groups is 2. The molecule has 1 heterocycles. The Morgan fingerprint density at radius 1 is 1.40 bits per heavy atom. The molecule has 0 aromatic heterocycles. The van der Waals surface area contributed by atoms with Crippen LogP contribution in [0.2, 0.25) is 0 Å². The molecule has 108 valence electrons. The minimum absolute atomic E-state index is 0.314. The molecule has 0 saturated carbocycles. The van der Waals surface area contributed by atoms with Crippen LogP contribution in [-0.4, -0.2) is 40.3 Å². The van der Waals surface area contributed by atoms with E-state index >= 15 is 0 Å². The zero-order valence-corrected chi connectivity index (χ0v) is 12.9. The molecule has 2 N–H and O–H groups in total. The number of hydrogen-bond donors (Lipinski definition) is 2. The van der Waals surface area contributed by atoms with Crippen LogP contribution in [-0.2, 0) is 10.5 Å². The van der Waals surface area contributed by atoms with Gasteiger partial charge in [-0.05, 0) is 36.1 Å². The first-order valence-corrected chi connectivity index (χ1v) is 8.84. The van der Waals surface area contributed by atoms with Gasteiger partial charge >= 0.3 is 5.97 Å². The van der Waals surface area contributed by atoms with Crippen LogP contribution in [0.25, 0.3) is 0 Å². The van der Waals surface area contributed by atoms with Crippen LogP contribution in [0.3, 0.4) is 0 Å². The van der Waals surface area contributed by atoms with Crippen molar-refractivity contribution in [2.75, 3.05) is 17.8 Å². The van der Waals surface area contributed by atoms with Crippen LogP contribution in [0.1, 0.15) is 22.3 Å². The maximum Gasteiger partial charge on any atom is 0.330 e. The van der Waals surface area contributed by atoms with Crippen molar-refractivity contribution in [3.05, 3.63) is 35.4 Å². The zero-order chi connectivity index (χ0) is 14.6. The fourth-order valence-electron chi connectivity index (χ4n) is 2.09. The van der Waals surface area contributed by atoms with Gasteiger partial charge in [-0.3, -0.25) is 4.79 Å². The summed E-state index contributed by atoms with van der Waals surface area (Å²) >= 11 is 3.27. The Balaban J connectivity index is 2.09. The first-order valence-electron chi connectivity index (χ1n) is 6.29. The number of carboxylic acid groups (broad SMARTS) is 1. The Morgan fingerprint density at radius 2 is 2.10 bits per heavy atom. The zero-order valence-electron chi connectivity index (χ0n) is 11.2. The molecule has 4 nitrogen and oxygen atoms in total. The normalized spacial score (nSPS) is 21.6. The van der Waals surface area contributed by atoms with Crippen molar-refractivity contribution >= 4 is 35.4 Å². The van der Waals surface area contributed by atoms with Crippen molar-refractivity contribution in [1.82, 2.24) is 5.32 Å². The third-order valence-corrected chi connectivity index (χ3v) is 5.12. The van der Waals surface area contributed by atoms with Crippen LogP contribution in [0.15, 0.2) is 24.3 Å². The fourth-order valence-corrected chi connectivity index (χ4v) is 3.95. The molecule has 0 unspecified atom stereocenters. The predicted octanol–water partition coefficient (Wildman–Crippen LogP) is 2.24. The number of aliphatic carboxylic acids is 1. The van der Waals surface area contributed by atoms with E-state index in [0.29, 0.717) is 17.7 Å². The van der Waals surface area contributed by atoms with E-state index < -0.39 is 11.5 Å². The molecular formula is C14H17NO3S2. The van der Waals surface area contributed by atoms with Gasteiger partial charge in [0.2, 0.25) is 0 Å². The minimum Gasteiger partial charge on any atom is -0.479 e. The quantitative estimate of drug-likeness (QED) is 0.873. The average Bonchev–Trinajstić information content (AvgIpc) is 2.90. The topological polar surface area (TPSA) is 66.4 Å². The lowest BCUT2D eigenvalue weighted by Crippen LogP contribution is -2.54. The Hall–Kier alpha value is -1.14. The highest BCUT2D eigenvalue weighted by Crippen LogP contribution is 2.28. The standard InChI is InChI=1S/C14H17NO3S2/c1-19-8-10-2-4-11(5-3-10)12(16)15-14(13(17)18)6-7-20-9-14/h2-5H,6-9H2,1H3,(H,15,16)(H,17,18)/t14-/m1/s1. The van der Waals surface area contributed by atoms with E-state index in [1.807, 2.05) is 18.4 Å². The van der Waals surface area contributed by atoms with Crippen LogP contribution in [0.4, 0.5) is 0 Å². The van der Waals surface area contributed by atoms with Crippen molar-refractivity contribution in [2.45, 2.75) is 17.7 Å². The van der Waals surface area contributed by atoms with Crippen LogP contribution >= 0.6 is 23.5 Å². The number of nitrogens with one attached hydrogen (secondary N) is 1. The van der Waals surface area contributed by atoms with Gasteiger partial charge in [0.15, 0.2) is 0 Å². The number of thioether (sulfide) groups is 2. The maximum atomic E-state index is 12.2. The summed E-state index contributed by atoms with van der Waals surface area (Å²) in [4.78, 5) is 23.6. The summed E-state index contributed by atoms with van der Waals surface area (Å²) in [6.45, 7) is 0. The average molecular weight is 311 g/mol. The second-order valence-electron chi connectivity index (χ2n) is 4.77. The molecule has 1 aliphatic rings. The summed E-state index contributed by atoms with van der Waals surface area (Å²) in [5.74, 6) is 0.829. The molecule has 6 heteroatoms. The molecule has 2 rings (SSSR count). The number of benzene rings is 1. The van der Waals surface area contributed by atoms with Crippen molar-refractivity contribution in [3.8, 4) is 0 Å². The highest BCUT2D eigenvalue weighted by atomic mass is 32.2. The van der Waals surface area contributed by atoms with E-state index in [9.17, 15) is 14.7 Å². The van der Waals surface area contributed by atoms with Gasteiger partial charge in [-0.2, -0.15) is 23.5 Å². The fraction of sp³-hybridized carbons (Fsp3) is 0.429. The van der Waals surface area contributed by atoms with Gasteiger partial charge in [0.1, 0.15) is 5.54 Å². The Bertz CT molecular complexity index is 496. The monoisotopic (exact) mass is 311 g/mol. The Kier molecular flexibility index (Phi) is 4.99. The van der Waals surface area contributed by atoms with Crippen LogP contribution in [0, 0.1) is 0 Å². The van der Waals surface area contributed by atoms with Gasteiger partial charge in [0.25, 0.3) is 5.91 Å². The van der Waals surface area contributed by atoms with Gasteiger partial charge in [0, 0.05) is 17.1 Å². The molecule has 1 amide bonds. The number of hydrogen-bond acceptors (Lipinski definition) is 4. The third kappa shape index (κ3) is 3.30. The highest BCUT2D eigenvalue weighted by molar-refractivity contribution is 7.99. The second kappa shape index (κ2) is 6.54. The molecular weight excluding hydrogens is 294 g/mol. The van der Waals surface area contributed by atoms with E-state index in [1.54, 1.807) is 35.7 Å². The third-order valence-electron chi connectivity index (χ3n) is 3.31. The predicted molar refractivity (Wildman–Crippen MR) is 83.4 cm³/mol. The SMILES string of the molecule is CSCc1ccc(C(=O)N[C@]2(C(=O)O)CCSC2)cc1. The van der Waals surface area contributed by atoms with E-state index in [2.05, 4.69) is 5.32 Å². The van der Waals surface area contributed by atoms with Crippen LogP contribution < -0.4 is 5.32 Å². The summed E-state index contributed by atoms with van der Waals surface area (Å²) in [5.41, 5.74) is 0.547. The van der Waals surface area contributed by atoms with Crippen molar-refractivity contribution < 1.29 is 14.7 Å². The van der Waals surface area contributed by atoms with Gasteiger partial charge in [-0.15, -0.1) is 0 Å². The van der Waals surface area contributed by atoms with Gasteiger partial charge in [-0.25, -0.2) is 4.79 Å². The second-order valence-corrected chi connectivity index (χ2v) is 6.75.